The van der Waals surface area contributed by atoms with Crippen LogP contribution in [0, 0.1) is 0 Å². The molecule has 0 N–H and O–H groups in total. The summed E-state index contributed by atoms with van der Waals surface area (Å²) in [6.07, 6.45) is 8.89. The van der Waals surface area contributed by atoms with Gasteiger partial charge in [-0.2, -0.15) is 0 Å². The van der Waals surface area contributed by atoms with Crippen molar-refractivity contribution in [1.29, 1.82) is 0 Å². The average Bonchev–Trinajstić information content (AvgIpc) is 3.24. The fraction of sp³-hybridized carbons (Fsp3) is 0.600. The Balaban J connectivity index is 1.52. The Morgan fingerprint density at radius 2 is 2.00 bits per heavy atom. The van der Waals surface area contributed by atoms with Crippen molar-refractivity contribution in [2.24, 2.45) is 0 Å². The normalized spacial score (nSPS) is 15.0. The van der Waals surface area contributed by atoms with Gasteiger partial charge in [-0.25, -0.2) is 15.0 Å². The zero-order valence-electron chi connectivity index (χ0n) is 17.4. The highest BCUT2D eigenvalue weighted by Gasteiger charge is 2.28. The van der Waals surface area contributed by atoms with E-state index < -0.39 is 0 Å². The van der Waals surface area contributed by atoms with E-state index in [-0.39, 0.29) is 11.6 Å². The van der Waals surface area contributed by atoms with Crippen LogP contribution in [0.2, 0.25) is 5.02 Å². The number of carbonyl (C=O) groups excluding carboxylic acids is 1. The summed E-state index contributed by atoms with van der Waals surface area (Å²) in [6, 6.07) is 0. The van der Waals surface area contributed by atoms with Gasteiger partial charge in [0.2, 0.25) is 0 Å². The Morgan fingerprint density at radius 3 is 2.73 bits per heavy atom. The molecule has 1 saturated heterocycles. The van der Waals surface area contributed by atoms with Gasteiger partial charge in [0.05, 0.1) is 31.0 Å². The Labute approximate surface area is 186 Å². The Hall–Kier alpha value is -1.68. The lowest BCUT2D eigenvalue weighted by Gasteiger charge is -2.32. The maximum Gasteiger partial charge on any atom is 0.274 e. The third-order valence-corrected chi connectivity index (χ3v) is 5.89. The Morgan fingerprint density at radius 1 is 1.23 bits per heavy atom. The molecule has 3 heterocycles. The number of halogens is 1. The highest BCUT2D eigenvalue weighted by molar-refractivity contribution is 7.98. The van der Waals surface area contributed by atoms with Gasteiger partial charge in [0.25, 0.3) is 5.91 Å². The van der Waals surface area contributed by atoms with Crippen LogP contribution >= 0.6 is 23.4 Å². The van der Waals surface area contributed by atoms with Gasteiger partial charge in [0.15, 0.2) is 10.9 Å². The van der Waals surface area contributed by atoms with Crippen LogP contribution in [-0.2, 0) is 16.0 Å². The highest BCUT2D eigenvalue weighted by atomic mass is 35.5. The number of carbonyl (C=O) groups is 1. The molecular weight excluding hydrogens is 426 g/mol. The van der Waals surface area contributed by atoms with Crippen molar-refractivity contribution in [3.63, 3.8) is 0 Å². The molecule has 2 aromatic rings. The SMILES string of the molecule is CCOCCOCCn1ccnc1C1CCN(C(=O)c2nc(SC)ncc2Cl)CC1. The molecule has 164 valence electrons. The van der Waals surface area contributed by atoms with E-state index in [0.717, 1.165) is 25.2 Å². The van der Waals surface area contributed by atoms with Gasteiger partial charge < -0.3 is 18.9 Å². The number of amides is 1. The monoisotopic (exact) mass is 453 g/mol. The van der Waals surface area contributed by atoms with Crippen LogP contribution in [0.1, 0.15) is 42.0 Å². The van der Waals surface area contributed by atoms with E-state index in [1.54, 1.807) is 0 Å². The van der Waals surface area contributed by atoms with Crippen molar-refractivity contribution in [3.8, 4) is 0 Å². The topological polar surface area (TPSA) is 82.4 Å². The number of aromatic nitrogens is 4. The highest BCUT2D eigenvalue weighted by Crippen LogP contribution is 2.28. The molecule has 0 aliphatic carbocycles. The predicted octanol–water partition coefficient (Wildman–Crippen LogP) is 3.12. The number of hydrogen-bond acceptors (Lipinski definition) is 7. The standard InChI is InChI=1S/C20H28ClN5O3S/c1-3-28-12-13-29-11-10-25-9-6-22-18(25)15-4-7-26(8-5-15)19(27)17-16(21)14-23-20(24-17)30-2/h6,9,14-15H,3-5,7-8,10-13H2,1-2H3. The zero-order valence-corrected chi connectivity index (χ0v) is 19.0. The van der Waals surface area contributed by atoms with E-state index in [1.165, 1.54) is 18.0 Å². The zero-order chi connectivity index (χ0) is 21.3. The van der Waals surface area contributed by atoms with Crippen molar-refractivity contribution in [2.75, 3.05) is 45.8 Å². The van der Waals surface area contributed by atoms with Gasteiger partial charge in [-0.1, -0.05) is 23.4 Å². The minimum Gasteiger partial charge on any atom is -0.379 e. The van der Waals surface area contributed by atoms with Crippen LogP contribution in [-0.4, -0.2) is 76.1 Å². The smallest absolute Gasteiger partial charge is 0.274 e. The molecule has 2 aromatic heterocycles. The molecule has 10 heteroatoms. The van der Waals surface area contributed by atoms with Crippen molar-refractivity contribution in [1.82, 2.24) is 24.4 Å². The number of nitrogens with zero attached hydrogens (tertiary/aromatic N) is 5. The first-order chi connectivity index (χ1) is 14.6. The number of imidazole rings is 1. The number of piperidine rings is 1. The second-order valence-corrected chi connectivity index (χ2v) is 8.09. The molecule has 3 rings (SSSR count). The summed E-state index contributed by atoms with van der Waals surface area (Å²) in [7, 11) is 0. The van der Waals surface area contributed by atoms with Crippen LogP contribution < -0.4 is 0 Å². The summed E-state index contributed by atoms with van der Waals surface area (Å²) < 4.78 is 13.1. The lowest BCUT2D eigenvalue weighted by molar-refractivity contribution is 0.0492. The minimum absolute atomic E-state index is 0.137. The van der Waals surface area contributed by atoms with Crippen molar-refractivity contribution in [2.45, 2.75) is 37.4 Å². The van der Waals surface area contributed by atoms with E-state index in [0.29, 0.717) is 55.6 Å². The number of likely N-dealkylation sites (tertiary alicyclic amines) is 1. The van der Waals surface area contributed by atoms with Crippen LogP contribution in [0.4, 0.5) is 0 Å². The van der Waals surface area contributed by atoms with E-state index in [9.17, 15) is 4.79 Å². The van der Waals surface area contributed by atoms with E-state index >= 15 is 0 Å². The number of hydrogen-bond donors (Lipinski definition) is 0. The van der Waals surface area contributed by atoms with Gasteiger partial charge in [-0.15, -0.1) is 0 Å². The molecule has 0 atom stereocenters. The summed E-state index contributed by atoms with van der Waals surface area (Å²) in [5, 5.41) is 0.836. The molecule has 0 spiro atoms. The molecule has 0 saturated carbocycles. The maximum atomic E-state index is 12.9. The van der Waals surface area contributed by atoms with Crippen LogP contribution in [0.3, 0.4) is 0 Å². The summed E-state index contributed by atoms with van der Waals surface area (Å²) in [5.74, 6) is 1.23. The fourth-order valence-corrected chi connectivity index (χ4v) is 4.00. The minimum atomic E-state index is -0.137. The molecule has 1 aliphatic rings. The van der Waals surface area contributed by atoms with E-state index in [1.807, 2.05) is 30.5 Å². The predicted molar refractivity (Wildman–Crippen MR) is 116 cm³/mol. The molecule has 1 fully saturated rings. The molecule has 0 aromatic carbocycles. The quantitative estimate of drug-likeness (QED) is 0.310. The number of rotatable bonds is 10. The molecule has 0 unspecified atom stereocenters. The van der Waals surface area contributed by atoms with E-state index in [4.69, 9.17) is 21.1 Å². The van der Waals surface area contributed by atoms with Gasteiger partial charge in [-0.3, -0.25) is 4.79 Å². The Kier molecular flexibility index (Phi) is 8.92. The second-order valence-electron chi connectivity index (χ2n) is 6.91. The average molecular weight is 454 g/mol. The second kappa shape index (κ2) is 11.6. The van der Waals surface area contributed by atoms with Crippen LogP contribution in [0.25, 0.3) is 0 Å². The van der Waals surface area contributed by atoms with Crippen molar-refractivity contribution < 1.29 is 14.3 Å². The fourth-order valence-electron chi connectivity index (χ4n) is 3.49. The van der Waals surface area contributed by atoms with Crippen LogP contribution in [0.15, 0.2) is 23.7 Å². The largest absolute Gasteiger partial charge is 0.379 e. The van der Waals surface area contributed by atoms with Crippen molar-refractivity contribution >= 4 is 29.3 Å². The van der Waals surface area contributed by atoms with Gasteiger partial charge in [-0.05, 0) is 26.0 Å². The Bertz CT molecular complexity index is 827. The van der Waals surface area contributed by atoms with Gasteiger partial charge in [0.1, 0.15) is 5.82 Å². The first-order valence-electron chi connectivity index (χ1n) is 10.2. The molecule has 8 nitrogen and oxygen atoms in total. The maximum absolute atomic E-state index is 12.9. The van der Waals surface area contributed by atoms with Gasteiger partial charge >= 0.3 is 0 Å². The summed E-state index contributed by atoms with van der Waals surface area (Å²) >= 11 is 7.56. The molecule has 30 heavy (non-hydrogen) atoms. The molecule has 1 aliphatic heterocycles. The van der Waals surface area contributed by atoms with Gasteiger partial charge in [0, 0.05) is 44.6 Å². The summed E-state index contributed by atoms with van der Waals surface area (Å²) in [6.45, 7) is 6.58. The van der Waals surface area contributed by atoms with E-state index in [2.05, 4.69) is 19.5 Å². The number of thioether (sulfide) groups is 1. The third kappa shape index (κ3) is 5.94. The third-order valence-electron chi connectivity index (χ3n) is 5.05. The lowest BCUT2D eigenvalue weighted by Crippen LogP contribution is -2.39. The van der Waals surface area contributed by atoms with Crippen molar-refractivity contribution in [3.05, 3.63) is 35.1 Å². The summed E-state index contributed by atoms with van der Waals surface area (Å²) in [5.41, 5.74) is 0.278. The molecule has 0 radical (unpaired) electrons. The lowest BCUT2D eigenvalue weighted by atomic mass is 9.95. The molecule has 1 amide bonds. The molecule has 0 bridgehead atoms. The summed E-state index contributed by atoms with van der Waals surface area (Å²) in [4.78, 5) is 27.7. The first-order valence-corrected chi connectivity index (χ1v) is 11.8. The van der Waals surface area contributed by atoms with Crippen LogP contribution in [0.5, 0.6) is 0 Å². The first kappa shape index (κ1) is 23.0. The molecular formula is C20H28ClN5O3S. The number of ether oxygens (including phenoxy) is 2.